The Morgan fingerprint density at radius 2 is 2.19 bits per heavy atom. The number of hydrogen-bond donors (Lipinski definition) is 1. The van der Waals surface area contributed by atoms with Crippen LogP contribution in [0.2, 0.25) is 0 Å². The van der Waals surface area contributed by atoms with Crippen LogP contribution in [0.1, 0.15) is 15.9 Å². The number of carbonyl (C=O) groups is 1. The minimum Gasteiger partial charge on any atom is -0.489 e. The van der Waals surface area contributed by atoms with Crippen LogP contribution in [0, 0.1) is 0 Å². The van der Waals surface area contributed by atoms with Crippen molar-refractivity contribution in [1.82, 2.24) is 10.4 Å². The van der Waals surface area contributed by atoms with E-state index >= 15 is 0 Å². The number of hydrazone groups is 1. The number of aromatic nitrogens is 1. The zero-order valence-corrected chi connectivity index (χ0v) is 11.4. The molecule has 1 heterocycles. The van der Waals surface area contributed by atoms with Gasteiger partial charge in [0.25, 0.3) is 5.91 Å². The molecule has 0 bridgehead atoms. The van der Waals surface area contributed by atoms with Gasteiger partial charge in [-0.3, -0.25) is 9.78 Å². The summed E-state index contributed by atoms with van der Waals surface area (Å²) in [6.45, 7) is 3.92. The number of hydrogen-bond acceptors (Lipinski definition) is 4. The van der Waals surface area contributed by atoms with Gasteiger partial charge in [0.1, 0.15) is 12.4 Å². The minimum absolute atomic E-state index is 0.337. The van der Waals surface area contributed by atoms with E-state index in [1.165, 1.54) is 6.21 Å². The molecule has 1 aromatic carbocycles. The normalized spacial score (nSPS) is 10.3. The molecule has 0 atom stereocenters. The summed E-state index contributed by atoms with van der Waals surface area (Å²) in [6, 6.07) is 10.6. The monoisotopic (exact) mass is 281 g/mol. The fourth-order valence-electron chi connectivity index (χ4n) is 1.61. The van der Waals surface area contributed by atoms with Crippen LogP contribution in [0.4, 0.5) is 0 Å². The predicted octanol–water partition coefficient (Wildman–Crippen LogP) is 2.41. The van der Waals surface area contributed by atoms with Gasteiger partial charge in [-0.15, -0.1) is 0 Å². The van der Waals surface area contributed by atoms with Gasteiger partial charge in [0.15, 0.2) is 0 Å². The Labute approximate surface area is 123 Å². The standard InChI is InChI=1S/C16H15N3O2/c1-2-10-21-15-8-4-3-7-14(15)16(20)19-18-12-13-6-5-9-17-11-13/h2-9,11-12H,1,10H2,(H,19,20)/b18-12-. The van der Waals surface area contributed by atoms with Crippen molar-refractivity contribution in [1.29, 1.82) is 0 Å². The molecule has 0 saturated carbocycles. The number of benzene rings is 1. The number of rotatable bonds is 6. The Kier molecular flexibility index (Phi) is 5.23. The highest BCUT2D eigenvalue weighted by Crippen LogP contribution is 2.17. The third kappa shape index (κ3) is 4.28. The summed E-state index contributed by atoms with van der Waals surface area (Å²) in [7, 11) is 0. The van der Waals surface area contributed by atoms with Crippen LogP contribution < -0.4 is 10.2 Å². The van der Waals surface area contributed by atoms with Crippen molar-refractivity contribution in [2.24, 2.45) is 5.10 Å². The molecular weight excluding hydrogens is 266 g/mol. The first-order chi connectivity index (χ1) is 10.3. The van der Waals surface area contributed by atoms with Gasteiger partial charge in [-0.1, -0.05) is 30.9 Å². The maximum Gasteiger partial charge on any atom is 0.275 e. The van der Waals surface area contributed by atoms with E-state index in [9.17, 15) is 4.79 Å². The largest absolute Gasteiger partial charge is 0.489 e. The lowest BCUT2D eigenvalue weighted by Gasteiger charge is -2.08. The highest BCUT2D eigenvalue weighted by molar-refractivity contribution is 5.97. The van der Waals surface area contributed by atoms with Gasteiger partial charge in [0, 0.05) is 18.0 Å². The van der Waals surface area contributed by atoms with E-state index in [2.05, 4.69) is 22.1 Å². The van der Waals surface area contributed by atoms with Gasteiger partial charge in [-0.25, -0.2) is 5.43 Å². The lowest BCUT2D eigenvalue weighted by molar-refractivity contribution is 0.0951. The van der Waals surface area contributed by atoms with Crippen LogP contribution in [0.3, 0.4) is 0 Å². The first-order valence-corrected chi connectivity index (χ1v) is 6.37. The van der Waals surface area contributed by atoms with Crippen molar-refractivity contribution in [3.8, 4) is 5.75 Å². The molecular formula is C16H15N3O2. The number of pyridine rings is 1. The third-order valence-corrected chi connectivity index (χ3v) is 2.55. The van der Waals surface area contributed by atoms with Crippen molar-refractivity contribution in [2.75, 3.05) is 6.61 Å². The molecule has 1 N–H and O–H groups in total. The van der Waals surface area contributed by atoms with E-state index in [0.29, 0.717) is 17.9 Å². The molecule has 0 spiro atoms. The smallest absolute Gasteiger partial charge is 0.275 e. The van der Waals surface area contributed by atoms with Crippen LogP contribution in [-0.2, 0) is 0 Å². The van der Waals surface area contributed by atoms with Gasteiger partial charge >= 0.3 is 0 Å². The fraction of sp³-hybridized carbons (Fsp3) is 0.0625. The molecule has 0 aliphatic carbocycles. The summed E-state index contributed by atoms with van der Waals surface area (Å²) in [6.07, 6.45) is 6.47. The van der Waals surface area contributed by atoms with Crippen molar-refractivity contribution in [3.05, 3.63) is 72.6 Å². The quantitative estimate of drug-likeness (QED) is 0.502. The molecule has 0 aliphatic heterocycles. The number of amides is 1. The molecule has 1 aromatic heterocycles. The molecule has 0 radical (unpaired) electrons. The second-order valence-electron chi connectivity index (χ2n) is 4.08. The van der Waals surface area contributed by atoms with Crippen LogP contribution in [0.15, 0.2) is 66.5 Å². The van der Waals surface area contributed by atoms with E-state index in [1.54, 1.807) is 48.8 Å². The van der Waals surface area contributed by atoms with Crippen molar-refractivity contribution in [2.45, 2.75) is 0 Å². The van der Waals surface area contributed by atoms with Gasteiger partial charge in [-0.2, -0.15) is 5.10 Å². The molecule has 0 unspecified atom stereocenters. The first-order valence-electron chi connectivity index (χ1n) is 6.37. The Morgan fingerprint density at radius 3 is 2.95 bits per heavy atom. The third-order valence-electron chi connectivity index (χ3n) is 2.55. The molecule has 106 valence electrons. The zero-order valence-electron chi connectivity index (χ0n) is 11.4. The van der Waals surface area contributed by atoms with E-state index < -0.39 is 0 Å². The molecule has 2 rings (SSSR count). The second kappa shape index (κ2) is 7.59. The first kappa shape index (κ1) is 14.5. The molecule has 21 heavy (non-hydrogen) atoms. The Balaban J connectivity index is 2.03. The van der Waals surface area contributed by atoms with Gasteiger partial charge in [0.05, 0.1) is 11.8 Å². The summed E-state index contributed by atoms with van der Waals surface area (Å²) in [5, 5.41) is 3.90. The van der Waals surface area contributed by atoms with Crippen LogP contribution in [-0.4, -0.2) is 23.7 Å². The highest BCUT2D eigenvalue weighted by atomic mass is 16.5. The topological polar surface area (TPSA) is 63.6 Å². The Morgan fingerprint density at radius 1 is 1.33 bits per heavy atom. The Hall–Kier alpha value is -2.95. The van der Waals surface area contributed by atoms with E-state index in [0.717, 1.165) is 5.56 Å². The highest BCUT2D eigenvalue weighted by Gasteiger charge is 2.10. The lowest BCUT2D eigenvalue weighted by atomic mass is 10.2. The maximum absolute atomic E-state index is 12.1. The van der Waals surface area contributed by atoms with Gasteiger partial charge < -0.3 is 4.74 Å². The van der Waals surface area contributed by atoms with E-state index in [4.69, 9.17) is 4.74 Å². The number of ether oxygens (including phenoxy) is 1. The van der Waals surface area contributed by atoms with Crippen molar-refractivity contribution < 1.29 is 9.53 Å². The maximum atomic E-state index is 12.1. The lowest BCUT2D eigenvalue weighted by Crippen LogP contribution is -2.18. The second-order valence-corrected chi connectivity index (χ2v) is 4.08. The summed E-state index contributed by atoms with van der Waals surface area (Å²) >= 11 is 0. The van der Waals surface area contributed by atoms with Gasteiger partial charge in [0.2, 0.25) is 0 Å². The van der Waals surface area contributed by atoms with E-state index in [-0.39, 0.29) is 5.91 Å². The minimum atomic E-state index is -0.338. The molecule has 0 fully saturated rings. The van der Waals surface area contributed by atoms with Gasteiger partial charge in [-0.05, 0) is 18.2 Å². The molecule has 2 aromatic rings. The molecule has 5 heteroatoms. The summed E-state index contributed by atoms with van der Waals surface area (Å²) in [5.74, 6) is 0.154. The zero-order chi connectivity index (χ0) is 14.9. The van der Waals surface area contributed by atoms with Crippen LogP contribution >= 0.6 is 0 Å². The molecule has 1 amide bonds. The van der Waals surface area contributed by atoms with Crippen LogP contribution in [0.25, 0.3) is 0 Å². The molecule has 0 saturated heterocycles. The molecule has 0 aliphatic rings. The Bertz CT molecular complexity index is 639. The number of nitrogens with zero attached hydrogens (tertiary/aromatic N) is 2. The number of para-hydroxylation sites is 1. The molecule has 5 nitrogen and oxygen atoms in total. The van der Waals surface area contributed by atoms with E-state index in [1.807, 2.05) is 6.07 Å². The van der Waals surface area contributed by atoms with Crippen LogP contribution in [0.5, 0.6) is 5.75 Å². The summed E-state index contributed by atoms with van der Waals surface area (Å²) in [5.41, 5.74) is 3.68. The fourth-order valence-corrected chi connectivity index (χ4v) is 1.61. The average molecular weight is 281 g/mol. The summed E-state index contributed by atoms with van der Waals surface area (Å²) < 4.78 is 5.43. The SMILES string of the molecule is C=CCOc1ccccc1C(=O)N/N=C\c1cccnc1. The van der Waals surface area contributed by atoms with Crippen molar-refractivity contribution in [3.63, 3.8) is 0 Å². The summed E-state index contributed by atoms with van der Waals surface area (Å²) in [4.78, 5) is 16.0. The predicted molar refractivity (Wildman–Crippen MR) is 81.4 cm³/mol. The van der Waals surface area contributed by atoms with Crippen molar-refractivity contribution >= 4 is 12.1 Å². The number of nitrogens with one attached hydrogen (secondary N) is 1. The average Bonchev–Trinajstić information content (AvgIpc) is 2.54. The number of carbonyl (C=O) groups excluding carboxylic acids is 1.